The molecule has 2 aliphatic rings. The molecule has 204 valence electrons. The monoisotopic (exact) mass is 539 g/mol. The molecule has 0 atom stereocenters. The van der Waals surface area contributed by atoms with Crippen LogP contribution in [0.2, 0.25) is 0 Å². The Morgan fingerprint density at radius 2 is 1.38 bits per heavy atom. The Morgan fingerprint density at radius 1 is 0.744 bits per heavy atom. The van der Waals surface area contributed by atoms with Gasteiger partial charge in [-0.15, -0.1) is 13.2 Å². The Kier molecular flexibility index (Phi) is 7.74. The molecular weight excluding hydrogens is 511 g/mol. The molecule has 2 aliphatic heterocycles. The Balaban J connectivity index is 1.06. The topological polar surface area (TPSA) is 62.3 Å². The fourth-order valence-corrected chi connectivity index (χ4v) is 4.78. The van der Waals surface area contributed by atoms with E-state index in [-0.39, 0.29) is 30.2 Å². The molecule has 0 unspecified atom stereocenters. The number of rotatable bonds is 7. The van der Waals surface area contributed by atoms with Crippen molar-refractivity contribution < 1.29 is 32.2 Å². The number of carbonyl (C=O) groups excluding carboxylic acids is 2. The van der Waals surface area contributed by atoms with E-state index >= 15 is 0 Å². The summed E-state index contributed by atoms with van der Waals surface area (Å²) in [6.07, 6.45) is -4.75. The van der Waals surface area contributed by atoms with Crippen molar-refractivity contribution in [1.29, 1.82) is 0 Å². The van der Waals surface area contributed by atoms with Crippen molar-refractivity contribution in [3.05, 3.63) is 95.6 Å². The van der Waals surface area contributed by atoms with E-state index in [1.54, 1.807) is 35.2 Å². The summed E-state index contributed by atoms with van der Waals surface area (Å²) in [6, 6.07) is 21.9. The van der Waals surface area contributed by atoms with Crippen LogP contribution in [0.3, 0.4) is 0 Å². The number of alkyl halides is 3. The molecule has 10 heteroatoms. The van der Waals surface area contributed by atoms with Gasteiger partial charge in [0.05, 0.1) is 0 Å². The average molecular weight is 540 g/mol. The molecule has 39 heavy (non-hydrogen) atoms. The minimum absolute atomic E-state index is 0.0529. The Morgan fingerprint density at radius 3 is 2.05 bits per heavy atom. The fourth-order valence-electron chi connectivity index (χ4n) is 4.78. The third-order valence-electron chi connectivity index (χ3n) is 6.93. The van der Waals surface area contributed by atoms with Gasteiger partial charge in [0.15, 0.2) is 0 Å². The van der Waals surface area contributed by atoms with Crippen molar-refractivity contribution in [2.24, 2.45) is 0 Å². The fraction of sp³-hybridized carbons (Fsp3) is 0.310. The predicted octanol–water partition coefficient (Wildman–Crippen LogP) is 4.45. The number of ether oxygens (including phenoxy) is 2. The standard InChI is InChI=1S/C29H28F3N3O4/c30-29(31,32)39-26-8-4-5-21(17-26)20-38-25-11-9-23(10-12-25)28(37)35-18-24(19-35)33-13-15-34(16-14-33)27(36)22-6-2-1-3-7-22/h1-12,17,24H,13-16,18-20H2. The van der Waals surface area contributed by atoms with Crippen LogP contribution >= 0.6 is 0 Å². The molecule has 0 radical (unpaired) electrons. The first-order valence-corrected chi connectivity index (χ1v) is 12.7. The minimum Gasteiger partial charge on any atom is -0.489 e. The van der Waals surface area contributed by atoms with Crippen LogP contribution in [-0.4, -0.2) is 78.2 Å². The van der Waals surface area contributed by atoms with Gasteiger partial charge in [-0.2, -0.15) is 0 Å². The number of amides is 2. The molecule has 2 saturated heterocycles. The van der Waals surface area contributed by atoms with Crippen molar-refractivity contribution in [2.45, 2.75) is 19.0 Å². The van der Waals surface area contributed by atoms with Crippen molar-refractivity contribution in [1.82, 2.24) is 14.7 Å². The molecular formula is C29H28F3N3O4. The van der Waals surface area contributed by atoms with Crippen LogP contribution in [0.1, 0.15) is 26.3 Å². The van der Waals surface area contributed by atoms with Crippen molar-refractivity contribution in [3.8, 4) is 11.5 Å². The van der Waals surface area contributed by atoms with E-state index in [1.165, 1.54) is 18.2 Å². The van der Waals surface area contributed by atoms with E-state index in [4.69, 9.17) is 4.74 Å². The third-order valence-corrected chi connectivity index (χ3v) is 6.93. The smallest absolute Gasteiger partial charge is 0.489 e. The van der Waals surface area contributed by atoms with E-state index in [1.807, 2.05) is 35.2 Å². The summed E-state index contributed by atoms with van der Waals surface area (Å²) in [6.45, 7) is 4.23. The average Bonchev–Trinajstić information content (AvgIpc) is 2.91. The predicted molar refractivity (Wildman–Crippen MR) is 138 cm³/mol. The molecule has 0 aromatic heterocycles. The maximum atomic E-state index is 12.9. The van der Waals surface area contributed by atoms with Crippen molar-refractivity contribution in [3.63, 3.8) is 0 Å². The van der Waals surface area contributed by atoms with Crippen LogP contribution < -0.4 is 9.47 Å². The maximum Gasteiger partial charge on any atom is 0.573 e. The molecule has 3 aromatic rings. The lowest BCUT2D eigenvalue weighted by molar-refractivity contribution is -0.274. The van der Waals surface area contributed by atoms with Crippen LogP contribution in [0.4, 0.5) is 13.2 Å². The molecule has 2 amide bonds. The lowest BCUT2D eigenvalue weighted by atomic mass is 10.0. The molecule has 0 bridgehead atoms. The quantitative estimate of drug-likeness (QED) is 0.444. The highest BCUT2D eigenvalue weighted by Crippen LogP contribution is 2.25. The number of hydrogen-bond donors (Lipinski definition) is 0. The number of halogens is 3. The van der Waals surface area contributed by atoms with Crippen LogP contribution in [-0.2, 0) is 6.61 Å². The highest BCUT2D eigenvalue weighted by atomic mass is 19.4. The zero-order chi connectivity index (χ0) is 27.4. The molecule has 0 N–H and O–H groups in total. The van der Waals surface area contributed by atoms with Crippen LogP contribution in [0, 0.1) is 0 Å². The molecule has 0 aliphatic carbocycles. The molecule has 2 fully saturated rings. The second-order valence-corrected chi connectivity index (χ2v) is 9.57. The Labute approximate surface area is 224 Å². The first kappa shape index (κ1) is 26.6. The number of likely N-dealkylation sites (tertiary alicyclic amines) is 1. The van der Waals surface area contributed by atoms with E-state index in [2.05, 4.69) is 9.64 Å². The van der Waals surface area contributed by atoms with Gasteiger partial charge >= 0.3 is 6.36 Å². The van der Waals surface area contributed by atoms with Gasteiger partial charge in [-0.25, -0.2) is 0 Å². The SMILES string of the molecule is O=C(c1ccccc1)N1CCN(C2CN(C(=O)c3ccc(OCc4cccc(OC(F)(F)F)c4)cc3)C2)CC1. The zero-order valence-corrected chi connectivity index (χ0v) is 21.1. The largest absolute Gasteiger partial charge is 0.573 e. The first-order chi connectivity index (χ1) is 18.7. The zero-order valence-electron chi connectivity index (χ0n) is 21.1. The van der Waals surface area contributed by atoms with E-state index in [9.17, 15) is 22.8 Å². The van der Waals surface area contributed by atoms with Gasteiger partial charge in [0.1, 0.15) is 18.1 Å². The molecule has 5 rings (SSSR count). The molecule has 3 aromatic carbocycles. The summed E-state index contributed by atoms with van der Waals surface area (Å²) in [5.41, 5.74) is 1.76. The summed E-state index contributed by atoms with van der Waals surface area (Å²) in [4.78, 5) is 31.6. The number of nitrogens with zero attached hydrogens (tertiary/aromatic N) is 3. The van der Waals surface area contributed by atoms with Gasteiger partial charge in [-0.3, -0.25) is 14.5 Å². The Bertz CT molecular complexity index is 1290. The van der Waals surface area contributed by atoms with Gasteiger partial charge in [-0.1, -0.05) is 30.3 Å². The third kappa shape index (κ3) is 6.69. The number of benzene rings is 3. The van der Waals surface area contributed by atoms with Crippen LogP contribution in [0.15, 0.2) is 78.9 Å². The molecule has 0 spiro atoms. The second-order valence-electron chi connectivity index (χ2n) is 9.57. The highest BCUT2D eigenvalue weighted by Gasteiger charge is 2.37. The maximum absolute atomic E-state index is 12.9. The minimum atomic E-state index is -4.75. The summed E-state index contributed by atoms with van der Waals surface area (Å²) < 4.78 is 46.9. The molecule has 0 saturated carbocycles. The highest BCUT2D eigenvalue weighted by molar-refractivity contribution is 5.95. The number of hydrogen-bond acceptors (Lipinski definition) is 5. The first-order valence-electron chi connectivity index (χ1n) is 12.7. The normalized spacial score (nSPS) is 16.5. The van der Waals surface area contributed by atoms with Gasteiger partial charge in [0, 0.05) is 56.4 Å². The van der Waals surface area contributed by atoms with Gasteiger partial charge in [-0.05, 0) is 54.1 Å². The summed E-state index contributed by atoms with van der Waals surface area (Å²) >= 11 is 0. The van der Waals surface area contributed by atoms with Gasteiger partial charge in [0.2, 0.25) is 0 Å². The lowest BCUT2D eigenvalue weighted by Crippen LogP contribution is -2.64. The second kappa shape index (κ2) is 11.4. The van der Waals surface area contributed by atoms with Crippen LogP contribution in [0.25, 0.3) is 0 Å². The van der Waals surface area contributed by atoms with Crippen molar-refractivity contribution >= 4 is 11.8 Å². The van der Waals surface area contributed by atoms with Gasteiger partial charge < -0.3 is 19.3 Å². The summed E-state index contributed by atoms with van der Waals surface area (Å²) in [7, 11) is 0. The lowest BCUT2D eigenvalue weighted by Gasteiger charge is -2.48. The van der Waals surface area contributed by atoms with Crippen molar-refractivity contribution in [2.75, 3.05) is 39.3 Å². The van der Waals surface area contributed by atoms with E-state index in [0.717, 1.165) is 13.1 Å². The Hall–Kier alpha value is -4.05. The number of piperazine rings is 1. The van der Waals surface area contributed by atoms with E-state index < -0.39 is 6.36 Å². The molecule has 2 heterocycles. The molecule has 7 nitrogen and oxygen atoms in total. The summed E-state index contributed by atoms with van der Waals surface area (Å²) in [5.74, 6) is 0.183. The van der Waals surface area contributed by atoms with Crippen LogP contribution in [0.5, 0.6) is 11.5 Å². The van der Waals surface area contributed by atoms with Gasteiger partial charge in [0.25, 0.3) is 11.8 Å². The summed E-state index contributed by atoms with van der Waals surface area (Å²) in [5, 5.41) is 0. The number of carbonyl (C=O) groups is 2. The van der Waals surface area contributed by atoms with E-state index in [0.29, 0.717) is 48.6 Å².